The third-order valence-corrected chi connectivity index (χ3v) is 3.33. The number of amides is 1. The number of anilines is 1. The van der Waals surface area contributed by atoms with Gasteiger partial charge >= 0.3 is 0 Å². The number of carbonyl (C=O) groups is 1. The summed E-state index contributed by atoms with van der Waals surface area (Å²) in [5.41, 5.74) is 6.99. The van der Waals surface area contributed by atoms with Gasteiger partial charge < -0.3 is 16.0 Å². The van der Waals surface area contributed by atoms with E-state index in [1.807, 2.05) is 19.9 Å². The molecular formula is C13H20N4OS. The lowest BCUT2D eigenvalue weighted by Crippen LogP contribution is -2.34. The summed E-state index contributed by atoms with van der Waals surface area (Å²) in [6, 6.07) is 3.65. The van der Waals surface area contributed by atoms with Crippen LogP contribution < -0.4 is 16.0 Å². The van der Waals surface area contributed by atoms with Crippen molar-refractivity contribution in [3.8, 4) is 0 Å². The first kappa shape index (κ1) is 15.4. The average Bonchev–Trinajstić information content (AvgIpc) is 2.43. The zero-order chi connectivity index (χ0) is 14.4. The van der Waals surface area contributed by atoms with Gasteiger partial charge in [0.1, 0.15) is 5.69 Å². The van der Waals surface area contributed by atoms with E-state index in [2.05, 4.69) is 15.2 Å². The number of hydrogen-bond donors (Lipinski definition) is 2. The van der Waals surface area contributed by atoms with Crippen molar-refractivity contribution in [1.82, 2.24) is 10.3 Å². The number of pyridine rings is 1. The molecule has 0 fully saturated rings. The Morgan fingerprint density at radius 3 is 2.84 bits per heavy atom. The molecule has 104 valence electrons. The van der Waals surface area contributed by atoms with Crippen molar-refractivity contribution in [3.05, 3.63) is 24.0 Å². The fourth-order valence-electron chi connectivity index (χ4n) is 1.71. The van der Waals surface area contributed by atoms with Gasteiger partial charge in [0, 0.05) is 37.9 Å². The molecule has 0 aliphatic heterocycles. The molecule has 1 unspecified atom stereocenters. The summed E-state index contributed by atoms with van der Waals surface area (Å²) in [4.78, 5) is 18.2. The molecular weight excluding hydrogens is 260 g/mol. The smallest absolute Gasteiger partial charge is 0.269 e. The summed E-state index contributed by atoms with van der Waals surface area (Å²) in [5, 5.41) is 2.56. The molecule has 0 spiro atoms. The Labute approximate surface area is 119 Å². The van der Waals surface area contributed by atoms with Gasteiger partial charge in [-0.3, -0.25) is 9.78 Å². The Kier molecular flexibility index (Phi) is 5.69. The van der Waals surface area contributed by atoms with Gasteiger partial charge in [0.2, 0.25) is 0 Å². The Morgan fingerprint density at radius 1 is 1.63 bits per heavy atom. The van der Waals surface area contributed by atoms with E-state index in [1.165, 1.54) is 0 Å². The Balaban J connectivity index is 2.92. The third-order valence-electron chi connectivity index (χ3n) is 2.93. The first-order valence-corrected chi connectivity index (χ1v) is 6.62. The minimum atomic E-state index is -0.194. The normalized spacial score (nSPS) is 11.7. The largest absolute Gasteiger partial charge is 0.393 e. The second kappa shape index (κ2) is 7.04. The standard InChI is InChI=1S/C13H20N4OS/c1-4-17(8-9(2)12(14)19)10-5-6-16-11(7-10)13(18)15-3/h5-7,9H,4,8H2,1-3H3,(H2,14,19)(H,15,18). The zero-order valence-electron chi connectivity index (χ0n) is 11.5. The molecule has 1 amide bonds. The lowest BCUT2D eigenvalue weighted by Gasteiger charge is -2.26. The molecule has 0 aromatic carbocycles. The molecule has 19 heavy (non-hydrogen) atoms. The molecule has 0 bridgehead atoms. The summed E-state index contributed by atoms with van der Waals surface area (Å²) in [5.74, 6) is -0.0770. The first-order valence-electron chi connectivity index (χ1n) is 6.22. The van der Waals surface area contributed by atoms with Crippen LogP contribution in [0.15, 0.2) is 18.3 Å². The number of thiocarbonyl (C=S) groups is 1. The molecule has 3 N–H and O–H groups in total. The molecule has 5 nitrogen and oxygen atoms in total. The van der Waals surface area contributed by atoms with Gasteiger partial charge in [0.25, 0.3) is 5.91 Å². The molecule has 0 saturated heterocycles. The van der Waals surface area contributed by atoms with Crippen molar-refractivity contribution in [2.24, 2.45) is 11.7 Å². The van der Waals surface area contributed by atoms with E-state index >= 15 is 0 Å². The molecule has 0 aliphatic carbocycles. The predicted octanol–water partition coefficient (Wildman–Crippen LogP) is 1.19. The molecule has 1 aromatic rings. The molecule has 6 heteroatoms. The minimum absolute atomic E-state index is 0.117. The van der Waals surface area contributed by atoms with Crippen LogP contribution in [0.25, 0.3) is 0 Å². The number of carbonyl (C=O) groups excluding carboxylic acids is 1. The van der Waals surface area contributed by atoms with E-state index in [-0.39, 0.29) is 11.8 Å². The van der Waals surface area contributed by atoms with E-state index in [4.69, 9.17) is 18.0 Å². The van der Waals surface area contributed by atoms with Crippen LogP contribution in [0.3, 0.4) is 0 Å². The maximum Gasteiger partial charge on any atom is 0.269 e. The second-order valence-corrected chi connectivity index (χ2v) is 4.79. The van der Waals surface area contributed by atoms with E-state index in [9.17, 15) is 4.79 Å². The number of aromatic nitrogens is 1. The number of rotatable bonds is 6. The monoisotopic (exact) mass is 280 g/mol. The number of nitrogens with two attached hydrogens (primary N) is 1. The fraction of sp³-hybridized carbons (Fsp3) is 0.462. The van der Waals surface area contributed by atoms with Crippen LogP contribution in [0.1, 0.15) is 24.3 Å². The van der Waals surface area contributed by atoms with E-state index in [0.717, 1.165) is 18.8 Å². The summed E-state index contributed by atoms with van der Waals surface area (Å²) >= 11 is 5.00. The van der Waals surface area contributed by atoms with Gasteiger partial charge in [-0.15, -0.1) is 0 Å². The third kappa shape index (κ3) is 4.17. The highest BCUT2D eigenvalue weighted by Crippen LogP contribution is 2.16. The highest BCUT2D eigenvalue weighted by Gasteiger charge is 2.13. The van der Waals surface area contributed by atoms with Gasteiger partial charge in [-0.25, -0.2) is 0 Å². The topological polar surface area (TPSA) is 71.2 Å². The van der Waals surface area contributed by atoms with Gasteiger partial charge in [-0.1, -0.05) is 19.1 Å². The second-order valence-electron chi connectivity index (χ2n) is 4.32. The van der Waals surface area contributed by atoms with Crippen LogP contribution >= 0.6 is 12.2 Å². The van der Waals surface area contributed by atoms with Crippen molar-refractivity contribution in [2.45, 2.75) is 13.8 Å². The Bertz CT molecular complexity index is 464. The van der Waals surface area contributed by atoms with Crippen molar-refractivity contribution < 1.29 is 4.79 Å². The van der Waals surface area contributed by atoms with Gasteiger partial charge in [-0.05, 0) is 19.1 Å². The molecule has 0 radical (unpaired) electrons. The van der Waals surface area contributed by atoms with Crippen LogP contribution in [0.4, 0.5) is 5.69 Å². The maximum absolute atomic E-state index is 11.6. The summed E-state index contributed by atoms with van der Waals surface area (Å²) in [7, 11) is 1.59. The highest BCUT2D eigenvalue weighted by atomic mass is 32.1. The van der Waals surface area contributed by atoms with E-state index < -0.39 is 0 Å². The number of nitrogens with one attached hydrogen (secondary N) is 1. The SMILES string of the molecule is CCN(CC(C)C(N)=S)c1ccnc(C(=O)NC)c1. The number of hydrogen-bond acceptors (Lipinski definition) is 4. The van der Waals surface area contributed by atoms with Gasteiger partial charge in [0.15, 0.2) is 0 Å². The maximum atomic E-state index is 11.6. The van der Waals surface area contributed by atoms with Crippen LogP contribution in [-0.2, 0) is 0 Å². The van der Waals surface area contributed by atoms with Crippen LogP contribution in [-0.4, -0.2) is 36.0 Å². The number of nitrogens with zero attached hydrogens (tertiary/aromatic N) is 2. The minimum Gasteiger partial charge on any atom is -0.393 e. The Hall–Kier alpha value is -1.69. The van der Waals surface area contributed by atoms with Crippen LogP contribution in [0.2, 0.25) is 0 Å². The van der Waals surface area contributed by atoms with Crippen LogP contribution in [0.5, 0.6) is 0 Å². The molecule has 1 aromatic heterocycles. The van der Waals surface area contributed by atoms with Crippen molar-refractivity contribution in [1.29, 1.82) is 0 Å². The van der Waals surface area contributed by atoms with E-state index in [1.54, 1.807) is 19.3 Å². The van der Waals surface area contributed by atoms with Crippen molar-refractivity contribution in [3.63, 3.8) is 0 Å². The molecule has 0 aliphatic rings. The van der Waals surface area contributed by atoms with Gasteiger partial charge in [0.05, 0.1) is 4.99 Å². The van der Waals surface area contributed by atoms with E-state index in [0.29, 0.717) is 10.7 Å². The Morgan fingerprint density at radius 2 is 2.32 bits per heavy atom. The molecule has 1 heterocycles. The highest BCUT2D eigenvalue weighted by molar-refractivity contribution is 7.80. The fourth-order valence-corrected chi connectivity index (χ4v) is 1.78. The van der Waals surface area contributed by atoms with Crippen LogP contribution in [0, 0.1) is 5.92 Å². The molecule has 1 atom stereocenters. The molecule has 1 rings (SSSR count). The van der Waals surface area contributed by atoms with Crippen molar-refractivity contribution in [2.75, 3.05) is 25.0 Å². The lowest BCUT2D eigenvalue weighted by atomic mass is 10.1. The van der Waals surface area contributed by atoms with Gasteiger partial charge in [-0.2, -0.15) is 0 Å². The summed E-state index contributed by atoms with van der Waals surface area (Å²) in [6.45, 7) is 5.57. The average molecular weight is 280 g/mol. The van der Waals surface area contributed by atoms with Crippen molar-refractivity contribution >= 4 is 28.8 Å². The zero-order valence-corrected chi connectivity index (χ0v) is 12.3. The quantitative estimate of drug-likeness (QED) is 0.766. The summed E-state index contributed by atoms with van der Waals surface area (Å²) in [6.07, 6.45) is 1.63. The predicted molar refractivity (Wildman–Crippen MR) is 81.5 cm³/mol. The molecule has 0 saturated carbocycles. The summed E-state index contributed by atoms with van der Waals surface area (Å²) < 4.78 is 0. The first-order chi connectivity index (χ1) is 8.99. The lowest BCUT2D eigenvalue weighted by molar-refractivity contribution is 0.0958.